The van der Waals surface area contributed by atoms with Crippen molar-refractivity contribution < 1.29 is 9.90 Å². The van der Waals surface area contributed by atoms with E-state index in [1.165, 1.54) is 38.3 Å². The number of nitrogens with one attached hydrogen (secondary N) is 1. The Balaban J connectivity index is 2.06. The Morgan fingerprint density at radius 1 is 1.44 bits per heavy atom. The summed E-state index contributed by atoms with van der Waals surface area (Å²) in [5.74, 6) is -0.282. The van der Waals surface area contributed by atoms with Crippen LogP contribution in [0.2, 0.25) is 0 Å². The average molecular weight is 248 g/mol. The van der Waals surface area contributed by atoms with Crippen LogP contribution in [-0.4, -0.2) is 22.1 Å². The predicted octanol–water partition coefficient (Wildman–Crippen LogP) is 3.16. The van der Waals surface area contributed by atoms with Gasteiger partial charge in [0.05, 0.1) is 5.69 Å². The van der Waals surface area contributed by atoms with Crippen LogP contribution in [-0.2, 0) is 0 Å². The van der Waals surface area contributed by atoms with Gasteiger partial charge in [-0.1, -0.05) is 19.3 Å². The number of hydrogen-bond donors (Lipinski definition) is 2. The van der Waals surface area contributed by atoms with Gasteiger partial charge < -0.3 is 10.4 Å². The van der Waals surface area contributed by atoms with E-state index in [0.29, 0.717) is 17.6 Å². The van der Waals surface area contributed by atoms with E-state index in [0.717, 1.165) is 0 Å². The molecule has 0 bridgehead atoms. The van der Waals surface area contributed by atoms with Crippen LogP contribution >= 0.6 is 0 Å². The van der Waals surface area contributed by atoms with Crippen LogP contribution in [0.25, 0.3) is 0 Å². The first-order chi connectivity index (χ1) is 8.68. The summed E-state index contributed by atoms with van der Waals surface area (Å²) in [6.45, 7) is 2.14. The Hall–Kier alpha value is -1.58. The minimum Gasteiger partial charge on any atom is -0.478 e. The Labute approximate surface area is 107 Å². The van der Waals surface area contributed by atoms with Crippen LogP contribution < -0.4 is 5.32 Å². The molecule has 18 heavy (non-hydrogen) atoms. The molecular formula is C14H20N2O2. The van der Waals surface area contributed by atoms with Gasteiger partial charge in [-0.3, -0.25) is 4.98 Å². The number of aromatic nitrogens is 1. The SMILES string of the molecule is CC(Nc1ccncc1C(=O)O)C1CCCCC1. The van der Waals surface area contributed by atoms with Gasteiger partial charge in [0.25, 0.3) is 0 Å². The first-order valence-electron chi connectivity index (χ1n) is 6.62. The van der Waals surface area contributed by atoms with Crippen molar-refractivity contribution in [2.75, 3.05) is 5.32 Å². The lowest BCUT2D eigenvalue weighted by Gasteiger charge is -2.29. The maximum absolute atomic E-state index is 11.1. The van der Waals surface area contributed by atoms with Crippen molar-refractivity contribution in [1.82, 2.24) is 4.98 Å². The van der Waals surface area contributed by atoms with E-state index in [1.807, 2.05) is 0 Å². The summed E-state index contributed by atoms with van der Waals surface area (Å²) in [6.07, 6.45) is 9.42. The molecule has 0 aromatic carbocycles. The van der Waals surface area contributed by atoms with Gasteiger partial charge in [0, 0.05) is 18.4 Å². The first kappa shape index (κ1) is 12.9. The molecule has 98 valence electrons. The lowest BCUT2D eigenvalue weighted by molar-refractivity contribution is 0.0697. The number of rotatable bonds is 4. The fourth-order valence-electron chi connectivity index (χ4n) is 2.69. The third-order valence-corrected chi connectivity index (χ3v) is 3.79. The van der Waals surface area contributed by atoms with Crippen molar-refractivity contribution in [2.45, 2.75) is 45.1 Å². The van der Waals surface area contributed by atoms with E-state index in [-0.39, 0.29) is 5.56 Å². The van der Waals surface area contributed by atoms with Crippen LogP contribution in [0.3, 0.4) is 0 Å². The normalized spacial score (nSPS) is 18.3. The summed E-state index contributed by atoms with van der Waals surface area (Å²) in [6, 6.07) is 2.05. The molecule has 0 saturated heterocycles. The third kappa shape index (κ3) is 3.00. The molecule has 1 aromatic heterocycles. The standard InChI is InChI=1S/C14H20N2O2/c1-10(11-5-3-2-4-6-11)16-13-7-8-15-9-12(13)14(17)18/h7-11H,2-6H2,1H3,(H,15,16)(H,17,18). The summed E-state index contributed by atoms with van der Waals surface area (Å²) in [5, 5.41) is 12.4. The summed E-state index contributed by atoms with van der Waals surface area (Å²) in [5.41, 5.74) is 0.927. The summed E-state index contributed by atoms with van der Waals surface area (Å²) in [4.78, 5) is 15.0. The molecule has 2 rings (SSSR count). The van der Waals surface area contributed by atoms with Crippen molar-refractivity contribution in [3.8, 4) is 0 Å². The second-order valence-corrected chi connectivity index (χ2v) is 5.06. The van der Waals surface area contributed by atoms with E-state index in [2.05, 4.69) is 17.2 Å². The maximum Gasteiger partial charge on any atom is 0.339 e. The van der Waals surface area contributed by atoms with Crippen molar-refractivity contribution in [3.05, 3.63) is 24.0 Å². The number of anilines is 1. The Kier molecular flexibility index (Phi) is 4.18. The molecule has 1 atom stereocenters. The largest absolute Gasteiger partial charge is 0.478 e. The number of carbonyl (C=O) groups is 1. The lowest BCUT2D eigenvalue weighted by atomic mass is 9.84. The Bertz CT molecular complexity index is 414. The van der Waals surface area contributed by atoms with Crippen LogP contribution in [0.4, 0.5) is 5.69 Å². The fraction of sp³-hybridized carbons (Fsp3) is 0.571. The third-order valence-electron chi connectivity index (χ3n) is 3.79. The summed E-state index contributed by atoms with van der Waals surface area (Å²) in [7, 11) is 0. The van der Waals surface area contributed by atoms with E-state index in [9.17, 15) is 4.79 Å². The second kappa shape index (κ2) is 5.85. The highest BCUT2D eigenvalue weighted by Gasteiger charge is 2.21. The average Bonchev–Trinajstić information content (AvgIpc) is 2.40. The monoisotopic (exact) mass is 248 g/mol. The number of nitrogens with zero attached hydrogens (tertiary/aromatic N) is 1. The topological polar surface area (TPSA) is 62.2 Å². The number of carboxylic acids is 1. The van der Waals surface area contributed by atoms with Crippen molar-refractivity contribution >= 4 is 11.7 Å². The van der Waals surface area contributed by atoms with Gasteiger partial charge in [-0.2, -0.15) is 0 Å². The number of carboxylic acid groups (broad SMARTS) is 1. The second-order valence-electron chi connectivity index (χ2n) is 5.06. The highest BCUT2D eigenvalue weighted by atomic mass is 16.4. The lowest BCUT2D eigenvalue weighted by Crippen LogP contribution is -2.28. The molecule has 0 spiro atoms. The van der Waals surface area contributed by atoms with Crippen LogP contribution in [0, 0.1) is 5.92 Å². The van der Waals surface area contributed by atoms with Gasteiger partial charge in [-0.25, -0.2) is 4.79 Å². The number of aromatic carboxylic acids is 1. The van der Waals surface area contributed by atoms with Crippen LogP contribution in [0.1, 0.15) is 49.4 Å². The van der Waals surface area contributed by atoms with Gasteiger partial charge in [-0.15, -0.1) is 0 Å². The molecule has 0 amide bonds. The van der Waals surface area contributed by atoms with Crippen LogP contribution in [0.15, 0.2) is 18.5 Å². The van der Waals surface area contributed by atoms with Gasteiger partial charge in [0.2, 0.25) is 0 Å². The predicted molar refractivity (Wildman–Crippen MR) is 70.9 cm³/mol. The molecule has 4 heteroatoms. The van der Waals surface area contributed by atoms with E-state index >= 15 is 0 Å². The minimum atomic E-state index is -0.929. The van der Waals surface area contributed by atoms with E-state index in [1.54, 1.807) is 12.3 Å². The molecule has 4 nitrogen and oxygen atoms in total. The molecule has 1 unspecified atom stereocenters. The number of pyridine rings is 1. The Morgan fingerprint density at radius 2 is 2.17 bits per heavy atom. The summed E-state index contributed by atoms with van der Waals surface area (Å²) >= 11 is 0. The number of hydrogen-bond acceptors (Lipinski definition) is 3. The molecule has 0 aliphatic heterocycles. The maximum atomic E-state index is 11.1. The van der Waals surface area contributed by atoms with Crippen molar-refractivity contribution in [2.24, 2.45) is 5.92 Å². The fourth-order valence-corrected chi connectivity index (χ4v) is 2.69. The molecular weight excluding hydrogens is 228 g/mol. The summed E-state index contributed by atoms with van der Waals surface area (Å²) < 4.78 is 0. The Morgan fingerprint density at radius 3 is 2.83 bits per heavy atom. The zero-order valence-electron chi connectivity index (χ0n) is 10.7. The zero-order chi connectivity index (χ0) is 13.0. The molecule has 0 radical (unpaired) electrons. The molecule has 1 aliphatic rings. The quantitative estimate of drug-likeness (QED) is 0.859. The molecule has 1 aliphatic carbocycles. The van der Waals surface area contributed by atoms with E-state index in [4.69, 9.17) is 5.11 Å². The smallest absolute Gasteiger partial charge is 0.339 e. The zero-order valence-corrected chi connectivity index (χ0v) is 10.7. The highest BCUT2D eigenvalue weighted by Crippen LogP contribution is 2.28. The molecule has 2 N–H and O–H groups in total. The van der Waals surface area contributed by atoms with Crippen molar-refractivity contribution in [3.63, 3.8) is 0 Å². The minimum absolute atomic E-state index is 0.250. The molecule has 1 saturated carbocycles. The van der Waals surface area contributed by atoms with Gasteiger partial charge in [-0.05, 0) is 31.7 Å². The van der Waals surface area contributed by atoms with Gasteiger partial charge in [0.15, 0.2) is 0 Å². The van der Waals surface area contributed by atoms with Crippen molar-refractivity contribution in [1.29, 1.82) is 0 Å². The first-order valence-corrected chi connectivity index (χ1v) is 6.62. The molecule has 1 aromatic rings. The molecule has 1 fully saturated rings. The highest BCUT2D eigenvalue weighted by molar-refractivity contribution is 5.93. The molecule has 1 heterocycles. The van der Waals surface area contributed by atoms with E-state index < -0.39 is 5.97 Å². The van der Waals surface area contributed by atoms with Gasteiger partial charge >= 0.3 is 5.97 Å². The van der Waals surface area contributed by atoms with Crippen LogP contribution in [0.5, 0.6) is 0 Å². The van der Waals surface area contributed by atoms with Gasteiger partial charge in [0.1, 0.15) is 5.56 Å².